The van der Waals surface area contributed by atoms with Crippen LogP contribution in [0.2, 0.25) is 0 Å². The van der Waals surface area contributed by atoms with Gasteiger partial charge in [0.2, 0.25) is 0 Å². The summed E-state index contributed by atoms with van der Waals surface area (Å²) in [5.74, 6) is 1.45. The van der Waals surface area contributed by atoms with Gasteiger partial charge in [0.25, 0.3) is 0 Å². The smallest absolute Gasteiger partial charge is 0.111 e. The number of aromatic nitrogens is 1. The molecule has 0 radical (unpaired) electrons. The first-order valence-electron chi connectivity index (χ1n) is 6.14. The molecule has 2 aromatic rings. The first kappa shape index (κ1) is 12.2. The Kier molecular flexibility index (Phi) is 3.18. The van der Waals surface area contributed by atoms with Gasteiger partial charge in [-0.1, -0.05) is 32.0 Å². The maximum atomic E-state index is 6.21. The van der Waals surface area contributed by atoms with Crippen molar-refractivity contribution in [2.75, 3.05) is 0 Å². The third kappa shape index (κ3) is 1.98. The number of fused-ring (bicyclic) bond motifs is 3. The van der Waals surface area contributed by atoms with Crippen molar-refractivity contribution in [2.45, 2.75) is 30.5 Å². The van der Waals surface area contributed by atoms with Crippen LogP contribution in [-0.2, 0) is 5.75 Å². The van der Waals surface area contributed by atoms with E-state index in [1.807, 2.05) is 11.8 Å². The molecule has 0 saturated carbocycles. The number of benzene rings is 1. The Bertz CT molecular complexity index is 575. The number of nitrogens with zero attached hydrogens (tertiary/aromatic N) is 1. The number of nitrogens with two attached hydrogens (primary N) is 1. The second-order valence-corrected chi connectivity index (χ2v) is 7.01. The van der Waals surface area contributed by atoms with Crippen molar-refractivity contribution in [1.29, 1.82) is 0 Å². The van der Waals surface area contributed by atoms with Gasteiger partial charge in [0.1, 0.15) is 5.01 Å². The van der Waals surface area contributed by atoms with E-state index < -0.39 is 0 Å². The Balaban J connectivity index is 2.07. The van der Waals surface area contributed by atoms with Gasteiger partial charge in [-0.05, 0) is 12.0 Å². The Labute approximate surface area is 116 Å². The van der Waals surface area contributed by atoms with Crippen LogP contribution in [0.1, 0.15) is 29.8 Å². The minimum Gasteiger partial charge on any atom is -0.322 e. The van der Waals surface area contributed by atoms with Crippen LogP contribution in [0.25, 0.3) is 11.3 Å². The largest absolute Gasteiger partial charge is 0.322 e. The minimum absolute atomic E-state index is 0.0535. The zero-order valence-electron chi connectivity index (χ0n) is 10.5. The normalized spacial score (nSPS) is 15.3. The molecule has 4 heteroatoms. The van der Waals surface area contributed by atoms with Gasteiger partial charge in [0.15, 0.2) is 0 Å². The Morgan fingerprint density at radius 2 is 2.06 bits per heavy atom. The number of thiazole rings is 1. The summed E-state index contributed by atoms with van der Waals surface area (Å²) in [6.07, 6.45) is 0. The molecule has 0 fully saturated rings. The van der Waals surface area contributed by atoms with Crippen molar-refractivity contribution in [3.8, 4) is 11.3 Å². The minimum atomic E-state index is 0.0535. The van der Waals surface area contributed by atoms with E-state index in [0.717, 1.165) is 16.5 Å². The third-order valence-electron chi connectivity index (χ3n) is 3.22. The molecule has 94 valence electrons. The summed E-state index contributed by atoms with van der Waals surface area (Å²) in [4.78, 5) is 7.49. The highest BCUT2D eigenvalue weighted by molar-refractivity contribution is 7.98. The van der Waals surface area contributed by atoms with E-state index in [2.05, 4.69) is 38.1 Å². The maximum Gasteiger partial charge on any atom is 0.111 e. The molecule has 0 saturated heterocycles. The summed E-state index contributed by atoms with van der Waals surface area (Å²) in [5.41, 5.74) is 8.63. The van der Waals surface area contributed by atoms with Crippen LogP contribution >= 0.6 is 23.1 Å². The van der Waals surface area contributed by atoms with E-state index in [4.69, 9.17) is 10.7 Å². The quantitative estimate of drug-likeness (QED) is 0.898. The molecule has 3 rings (SSSR count). The summed E-state index contributed by atoms with van der Waals surface area (Å²) in [7, 11) is 0. The van der Waals surface area contributed by atoms with Gasteiger partial charge in [0, 0.05) is 21.1 Å². The van der Waals surface area contributed by atoms with Crippen LogP contribution in [0.3, 0.4) is 0 Å². The molecule has 18 heavy (non-hydrogen) atoms. The van der Waals surface area contributed by atoms with Gasteiger partial charge < -0.3 is 5.73 Å². The van der Waals surface area contributed by atoms with Crippen molar-refractivity contribution < 1.29 is 0 Å². The molecule has 1 atom stereocenters. The van der Waals surface area contributed by atoms with E-state index in [1.54, 1.807) is 11.3 Å². The molecule has 0 spiro atoms. The molecule has 1 aliphatic heterocycles. The van der Waals surface area contributed by atoms with E-state index >= 15 is 0 Å². The standard InChI is InChI=1S/C14H16N2S2/c1-8(2)12(15)14-16-13-9-5-3-4-6-10(9)17-7-11(13)18-14/h3-6,8,12H,7,15H2,1-2H3. The van der Waals surface area contributed by atoms with E-state index in [0.29, 0.717) is 5.92 Å². The fraction of sp³-hybridized carbons (Fsp3) is 0.357. The molecular formula is C14H16N2S2. The van der Waals surface area contributed by atoms with Gasteiger partial charge in [0.05, 0.1) is 11.7 Å². The van der Waals surface area contributed by atoms with Crippen molar-refractivity contribution >= 4 is 23.1 Å². The first-order chi connectivity index (χ1) is 8.66. The average molecular weight is 276 g/mol. The number of hydrogen-bond acceptors (Lipinski definition) is 4. The topological polar surface area (TPSA) is 38.9 Å². The monoisotopic (exact) mass is 276 g/mol. The second-order valence-electron chi connectivity index (χ2n) is 4.88. The van der Waals surface area contributed by atoms with Crippen molar-refractivity contribution in [3.05, 3.63) is 34.2 Å². The lowest BCUT2D eigenvalue weighted by Crippen LogP contribution is -2.16. The van der Waals surface area contributed by atoms with Gasteiger partial charge in [-0.15, -0.1) is 23.1 Å². The fourth-order valence-corrected chi connectivity index (χ4v) is 4.42. The average Bonchev–Trinajstić information content (AvgIpc) is 2.81. The summed E-state index contributed by atoms with van der Waals surface area (Å²) in [6.45, 7) is 4.29. The van der Waals surface area contributed by atoms with Gasteiger partial charge >= 0.3 is 0 Å². The second kappa shape index (κ2) is 4.68. The summed E-state index contributed by atoms with van der Waals surface area (Å²) in [5, 5.41) is 1.08. The number of thioether (sulfide) groups is 1. The molecule has 0 bridgehead atoms. The van der Waals surface area contributed by atoms with Crippen LogP contribution in [0.4, 0.5) is 0 Å². The lowest BCUT2D eigenvalue weighted by atomic mass is 10.1. The highest BCUT2D eigenvalue weighted by Crippen LogP contribution is 2.44. The highest BCUT2D eigenvalue weighted by atomic mass is 32.2. The zero-order valence-corrected chi connectivity index (χ0v) is 12.1. The van der Waals surface area contributed by atoms with Crippen molar-refractivity contribution in [1.82, 2.24) is 4.98 Å². The molecular weight excluding hydrogens is 260 g/mol. The fourth-order valence-electron chi connectivity index (χ4n) is 2.04. The lowest BCUT2D eigenvalue weighted by molar-refractivity contribution is 0.512. The summed E-state index contributed by atoms with van der Waals surface area (Å²) >= 11 is 3.67. The Morgan fingerprint density at radius 1 is 1.28 bits per heavy atom. The molecule has 2 heterocycles. The number of rotatable bonds is 2. The van der Waals surface area contributed by atoms with Crippen LogP contribution in [-0.4, -0.2) is 4.98 Å². The maximum absolute atomic E-state index is 6.21. The lowest BCUT2D eigenvalue weighted by Gasteiger charge is -2.13. The Morgan fingerprint density at radius 3 is 2.83 bits per heavy atom. The van der Waals surface area contributed by atoms with Crippen LogP contribution < -0.4 is 5.73 Å². The molecule has 2 nitrogen and oxygen atoms in total. The van der Waals surface area contributed by atoms with Crippen molar-refractivity contribution in [2.24, 2.45) is 11.7 Å². The SMILES string of the molecule is CC(C)C(N)c1nc2c(s1)CSc1ccccc1-2. The third-order valence-corrected chi connectivity index (χ3v) is 5.66. The summed E-state index contributed by atoms with van der Waals surface area (Å²) in [6, 6.07) is 8.55. The predicted octanol–water partition coefficient (Wildman–Crippen LogP) is 4.07. The number of hydrogen-bond donors (Lipinski definition) is 1. The molecule has 1 aliphatic rings. The van der Waals surface area contributed by atoms with Crippen LogP contribution in [0, 0.1) is 5.92 Å². The van der Waals surface area contributed by atoms with E-state index in [1.165, 1.54) is 15.3 Å². The van der Waals surface area contributed by atoms with Crippen LogP contribution in [0.5, 0.6) is 0 Å². The Hall–Kier alpha value is -0.840. The zero-order chi connectivity index (χ0) is 12.7. The van der Waals surface area contributed by atoms with Crippen molar-refractivity contribution in [3.63, 3.8) is 0 Å². The van der Waals surface area contributed by atoms with Gasteiger partial charge in [-0.2, -0.15) is 0 Å². The molecule has 1 unspecified atom stereocenters. The molecule has 0 amide bonds. The molecule has 0 aliphatic carbocycles. The molecule has 1 aromatic carbocycles. The first-order valence-corrected chi connectivity index (χ1v) is 7.94. The summed E-state index contributed by atoms with van der Waals surface area (Å²) < 4.78 is 0. The van der Waals surface area contributed by atoms with Crippen LogP contribution in [0.15, 0.2) is 29.2 Å². The van der Waals surface area contributed by atoms with E-state index in [9.17, 15) is 0 Å². The molecule has 1 aromatic heterocycles. The van der Waals surface area contributed by atoms with Gasteiger partial charge in [-0.3, -0.25) is 0 Å². The van der Waals surface area contributed by atoms with Gasteiger partial charge in [-0.25, -0.2) is 4.98 Å². The predicted molar refractivity (Wildman–Crippen MR) is 78.9 cm³/mol. The highest BCUT2D eigenvalue weighted by Gasteiger charge is 2.23. The molecule has 2 N–H and O–H groups in total. The van der Waals surface area contributed by atoms with E-state index in [-0.39, 0.29) is 6.04 Å².